The summed E-state index contributed by atoms with van der Waals surface area (Å²) in [6.07, 6.45) is 0.824. The number of amides is 1. The summed E-state index contributed by atoms with van der Waals surface area (Å²) in [5, 5.41) is 22.5. The number of nitrogens with one attached hydrogen (secondary N) is 1. The van der Waals surface area contributed by atoms with Gasteiger partial charge in [-0.2, -0.15) is 0 Å². The number of hydrogen-bond acceptors (Lipinski definition) is 8. The van der Waals surface area contributed by atoms with Gasteiger partial charge in [0.05, 0.1) is 13.2 Å². The summed E-state index contributed by atoms with van der Waals surface area (Å²) in [6, 6.07) is 0. The van der Waals surface area contributed by atoms with Gasteiger partial charge in [0.2, 0.25) is 5.91 Å². The lowest BCUT2D eigenvalue weighted by Crippen LogP contribution is -2.38. The largest absolute Gasteiger partial charge is 0.472 e. The summed E-state index contributed by atoms with van der Waals surface area (Å²) in [4.78, 5) is 20.3. The average Bonchev–Trinajstić information content (AvgIpc) is 2.80. The summed E-state index contributed by atoms with van der Waals surface area (Å²) in [5.74, 6) is -0.646. The van der Waals surface area contributed by atoms with Gasteiger partial charge in [-0.3, -0.25) is 13.8 Å². The zero-order valence-corrected chi connectivity index (χ0v) is 14.5. The molecule has 0 saturated carbocycles. The Balaban J connectivity index is 2.57. The molecule has 1 rings (SSSR count). The van der Waals surface area contributed by atoms with Crippen molar-refractivity contribution < 1.29 is 38.3 Å². The van der Waals surface area contributed by atoms with Crippen LogP contribution in [0.1, 0.15) is 6.92 Å². The van der Waals surface area contributed by atoms with Crippen LogP contribution in [-0.2, 0) is 23.1 Å². The van der Waals surface area contributed by atoms with E-state index in [1.807, 2.05) is 0 Å². The summed E-state index contributed by atoms with van der Waals surface area (Å²) in [5.41, 5.74) is 5.29. The number of phosphoric acid groups is 1. The van der Waals surface area contributed by atoms with E-state index in [4.69, 9.17) is 15.0 Å². The Labute approximate surface area is 145 Å². The Kier molecular flexibility index (Phi) is 8.46. The molecule has 0 radical (unpaired) electrons. The lowest BCUT2D eigenvalue weighted by molar-refractivity contribution is -0.114. The monoisotopic (exact) mass is 378 g/mol. The van der Waals surface area contributed by atoms with Crippen LogP contribution in [0.4, 0.5) is 0 Å². The Hall–Kier alpha value is -1.52. The first kappa shape index (κ1) is 21.5. The molecule has 0 aliphatic carbocycles. The molecule has 11 heteroatoms. The highest BCUT2D eigenvalue weighted by Gasteiger charge is 2.43. The third-order valence-electron chi connectivity index (χ3n) is 3.19. The molecule has 5 atom stereocenters. The van der Waals surface area contributed by atoms with Crippen LogP contribution in [0.5, 0.6) is 0 Å². The molecule has 1 heterocycles. The van der Waals surface area contributed by atoms with E-state index in [1.165, 1.54) is 31.4 Å². The zero-order chi connectivity index (χ0) is 19.0. The lowest BCUT2D eigenvalue weighted by atomic mass is 10.1. The maximum atomic E-state index is 11.4. The number of allylic oxidation sites excluding steroid dienone is 2. The second kappa shape index (κ2) is 9.83. The fourth-order valence-electron chi connectivity index (χ4n) is 1.95. The van der Waals surface area contributed by atoms with E-state index in [1.54, 1.807) is 0 Å². The molecular formula is C14H23N2O8P. The Bertz CT molecular complexity index is 579. The number of hydrogen-bond donors (Lipinski definition) is 5. The maximum Gasteiger partial charge on any atom is 0.472 e. The minimum absolute atomic E-state index is 0.0228. The van der Waals surface area contributed by atoms with Gasteiger partial charge < -0.3 is 30.9 Å². The van der Waals surface area contributed by atoms with Crippen LogP contribution in [0.25, 0.3) is 0 Å². The van der Waals surface area contributed by atoms with Gasteiger partial charge in [-0.05, 0) is 25.3 Å². The summed E-state index contributed by atoms with van der Waals surface area (Å²) >= 11 is 0. The number of carbonyl (C=O) groups excluding carboxylic acids is 1. The van der Waals surface area contributed by atoms with Crippen LogP contribution < -0.4 is 11.1 Å². The number of rotatable bonds is 10. The van der Waals surface area contributed by atoms with Gasteiger partial charge in [0.25, 0.3) is 0 Å². The van der Waals surface area contributed by atoms with Crippen molar-refractivity contribution in [2.75, 3.05) is 13.2 Å². The van der Waals surface area contributed by atoms with Crippen molar-refractivity contribution in [1.82, 2.24) is 5.32 Å². The quantitative estimate of drug-likeness (QED) is 0.188. The highest BCUT2D eigenvalue weighted by Crippen LogP contribution is 2.43. The van der Waals surface area contributed by atoms with E-state index in [0.29, 0.717) is 0 Å². The first-order valence-electron chi connectivity index (χ1n) is 7.40. The number of ether oxygens (including phenoxy) is 1. The summed E-state index contributed by atoms with van der Waals surface area (Å²) in [6.45, 7) is 4.49. The molecule has 1 aliphatic rings. The topological polar surface area (TPSA) is 161 Å². The van der Waals surface area contributed by atoms with Gasteiger partial charge in [0.15, 0.2) is 6.23 Å². The van der Waals surface area contributed by atoms with Crippen LogP contribution in [0.15, 0.2) is 36.6 Å². The molecule has 3 unspecified atom stereocenters. The molecule has 0 spiro atoms. The van der Waals surface area contributed by atoms with Gasteiger partial charge in [-0.15, -0.1) is 0 Å². The van der Waals surface area contributed by atoms with Crippen LogP contribution in [0, 0.1) is 0 Å². The third-order valence-corrected chi connectivity index (χ3v) is 4.25. The van der Waals surface area contributed by atoms with Crippen molar-refractivity contribution in [1.29, 1.82) is 0 Å². The van der Waals surface area contributed by atoms with Gasteiger partial charge in [-0.25, -0.2) is 4.57 Å². The number of aliphatic hydroxyl groups excluding tert-OH is 2. The SMILES string of the molecule is C=C/C(=C\C=C/NC1OC(COP(=O)(O)OCC)[C@@H](O)[C@H]1O)C(N)=O. The van der Waals surface area contributed by atoms with Crippen LogP contribution in [-0.4, -0.2) is 58.8 Å². The summed E-state index contributed by atoms with van der Waals surface area (Å²) in [7, 11) is -4.23. The molecule has 1 amide bonds. The molecule has 0 aromatic heterocycles. The molecule has 1 aliphatic heterocycles. The molecule has 0 aromatic rings. The molecule has 1 fully saturated rings. The maximum absolute atomic E-state index is 11.4. The molecule has 10 nitrogen and oxygen atoms in total. The second-order valence-electron chi connectivity index (χ2n) is 4.97. The Morgan fingerprint density at radius 2 is 2.08 bits per heavy atom. The molecule has 25 heavy (non-hydrogen) atoms. The fourth-order valence-corrected chi connectivity index (χ4v) is 2.68. The van der Waals surface area contributed by atoms with E-state index in [-0.39, 0.29) is 12.2 Å². The van der Waals surface area contributed by atoms with Gasteiger partial charge in [0, 0.05) is 5.57 Å². The normalized spacial score (nSPS) is 29.5. The van der Waals surface area contributed by atoms with Crippen molar-refractivity contribution in [3.63, 3.8) is 0 Å². The van der Waals surface area contributed by atoms with Gasteiger partial charge in [-0.1, -0.05) is 12.7 Å². The lowest BCUT2D eigenvalue weighted by Gasteiger charge is -2.16. The van der Waals surface area contributed by atoms with E-state index in [2.05, 4.69) is 16.4 Å². The van der Waals surface area contributed by atoms with E-state index in [0.717, 1.165) is 0 Å². The first-order chi connectivity index (χ1) is 11.7. The zero-order valence-electron chi connectivity index (χ0n) is 13.6. The van der Waals surface area contributed by atoms with Crippen LogP contribution in [0.2, 0.25) is 0 Å². The predicted octanol–water partition coefficient (Wildman–Crippen LogP) is -0.712. The average molecular weight is 378 g/mol. The number of primary amides is 1. The van der Waals surface area contributed by atoms with E-state index >= 15 is 0 Å². The van der Waals surface area contributed by atoms with Gasteiger partial charge >= 0.3 is 7.82 Å². The second-order valence-corrected chi connectivity index (χ2v) is 6.43. The molecule has 6 N–H and O–H groups in total. The van der Waals surface area contributed by atoms with Gasteiger partial charge in [0.1, 0.15) is 18.3 Å². The predicted molar refractivity (Wildman–Crippen MR) is 87.8 cm³/mol. The smallest absolute Gasteiger partial charge is 0.387 e. The molecule has 0 aromatic carbocycles. The molecule has 0 bridgehead atoms. The Morgan fingerprint density at radius 1 is 1.40 bits per heavy atom. The number of carbonyl (C=O) groups is 1. The minimum Gasteiger partial charge on any atom is -0.387 e. The molecular weight excluding hydrogens is 355 g/mol. The van der Waals surface area contributed by atoms with Crippen molar-refractivity contribution in [2.24, 2.45) is 5.73 Å². The third kappa shape index (κ3) is 6.71. The number of aliphatic hydroxyl groups is 2. The van der Waals surface area contributed by atoms with Crippen molar-refractivity contribution in [3.8, 4) is 0 Å². The number of nitrogens with two attached hydrogens (primary N) is 1. The summed E-state index contributed by atoms with van der Waals surface area (Å²) < 4.78 is 26.0. The first-order valence-corrected chi connectivity index (χ1v) is 8.90. The van der Waals surface area contributed by atoms with Crippen LogP contribution >= 0.6 is 7.82 Å². The Morgan fingerprint density at radius 3 is 2.64 bits per heavy atom. The molecule has 1 saturated heterocycles. The highest BCUT2D eigenvalue weighted by atomic mass is 31.2. The molecule has 142 valence electrons. The van der Waals surface area contributed by atoms with E-state index in [9.17, 15) is 24.5 Å². The fraction of sp³-hybridized carbons (Fsp3) is 0.500. The standard InChI is InChI=1S/C14H23N2O8P/c1-3-9(13(15)19)6-5-7-16-14-12(18)11(17)10(24-14)8-23-25(20,21)22-4-2/h3,5-7,10-12,14,16-18H,1,4,8H2,2H3,(H2,15,19)(H,20,21)/b7-5-,9-6+/t10?,11-,12-,14?/m1/s1. The van der Waals surface area contributed by atoms with E-state index < -0.39 is 44.9 Å². The minimum atomic E-state index is -4.23. The highest BCUT2D eigenvalue weighted by molar-refractivity contribution is 7.47. The van der Waals surface area contributed by atoms with Crippen molar-refractivity contribution in [2.45, 2.75) is 31.5 Å². The van der Waals surface area contributed by atoms with Crippen molar-refractivity contribution in [3.05, 3.63) is 36.6 Å². The number of phosphoric ester groups is 1. The van der Waals surface area contributed by atoms with Crippen molar-refractivity contribution >= 4 is 13.7 Å². The van der Waals surface area contributed by atoms with Crippen LogP contribution in [0.3, 0.4) is 0 Å².